The number of hydrogen-bond acceptors (Lipinski definition) is 5. The van der Waals surface area contributed by atoms with E-state index in [1.165, 1.54) is 14.2 Å². The van der Waals surface area contributed by atoms with E-state index in [4.69, 9.17) is 9.47 Å². The molecule has 2 rings (SSSR count). The van der Waals surface area contributed by atoms with Crippen molar-refractivity contribution in [2.24, 2.45) is 0 Å². The minimum atomic E-state index is -0.203. The van der Waals surface area contributed by atoms with Gasteiger partial charge in [0.15, 0.2) is 0 Å². The molecular weight excluding hydrogens is 288 g/mol. The van der Waals surface area contributed by atoms with Crippen molar-refractivity contribution in [2.75, 3.05) is 20.8 Å². The molecule has 1 amide bonds. The van der Waals surface area contributed by atoms with Gasteiger partial charge < -0.3 is 14.8 Å². The molecule has 0 spiro atoms. The van der Waals surface area contributed by atoms with Gasteiger partial charge in [-0.3, -0.25) is 4.79 Å². The van der Waals surface area contributed by atoms with Gasteiger partial charge in [0.2, 0.25) is 0 Å². The highest BCUT2D eigenvalue weighted by Crippen LogP contribution is 2.27. The van der Waals surface area contributed by atoms with Crippen molar-refractivity contribution in [3.8, 4) is 11.5 Å². The first-order chi connectivity index (χ1) is 10.2. The lowest BCUT2D eigenvalue weighted by Gasteiger charge is -2.12. The summed E-state index contributed by atoms with van der Waals surface area (Å²) in [6, 6.07) is 5.27. The zero-order valence-corrected chi connectivity index (χ0v) is 13.1. The summed E-state index contributed by atoms with van der Waals surface area (Å²) in [6.45, 7) is 2.51. The lowest BCUT2D eigenvalue weighted by Crippen LogP contribution is -2.26. The Morgan fingerprint density at radius 2 is 1.95 bits per heavy atom. The van der Waals surface area contributed by atoms with E-state index in [-0.39, 0.29) is 5.91 Å². The van der Waals surface area contributed by atoms with Crippen molar-refractivity contribution in [3.05, 3.63) is 39.8 Å². The molecule has 21 heavy (non-hydrogen) atoms. The topological polar surface area (TPSA) is 60.5 Å². The Kier molecular flexibility index (Phi) is 5.16. The third kappa shape index (κ3) is 3.72. The predicted molar refractivity (Wildman–Crippen MR) is 82.4 cm³/mol. The van der Waals surface area contributed by atoms with Crippen LogP contribution in [-0.2, 0) is 6.42 Å². The van der Waals surface area contributed by atoms with Crippen LogP contribution in [0, 0.1) is 6.92 Å². The number of aromatic nitrogens is 1. The summed E-state index contributed by atoms with van der Waals surface area (Å²) >= 11 is 1.64. The summed E-state index contributed by atoms with van der Waals surface area (Å²) in [5.41, 5.74) is 0.419. The molecule has 0 saturated heterocycles. The Labute approximate surface area is 127 Å². The molecular formula is C15H18N2O3S. The second-order valence-electron chi connectivity index (χ2n) is 4.39. The molecule has 1 aromatic heterocycles. The van der Waals surface area contributed by atoms with E-state index in [0.717, 1.165) is 16.3 Å². The lowest BCUT2D eigenvalue weighted by molar-refractivity contribution is 0.0948. The lowest BCUT2D eigenvalue weighted by atomic mass is 10.1. The molecule has 1 aromatic carbocycles. The van der Waals surface area contributed by atoms with Gasteiger partial charge in [0.05, 0.1) is 19.2 Å². The van der Waals surface area contributed by atoms with Crippen LogP contribution < -0.4 is 14.8 Å². The molecule has 0 radical (unpaired) electrons. The summed E-state index contributed by atoms with van der Waals surface area (Å²) in [5, 5.41) is 3.92. The fourth-order valence-electron chi connectivity index (χ4n) is 1.98. The molecule has 0 bridgehead atoms. The minimum Gasteiger partial charge on any atom is -0.496 e. The SMILES string of the molecule is COc1cccc(OC)c1C(=O)NCCc1cnc(C)s1. The normalized spacial score (nSPS) is 10.2. The number of nitrogens with one attached hydrogen (secondary N) is 1. The number of rotatable bonds is 6. The van der Waals surface area contributed by atoms with Crippen molar-refractivity contribution in [1.29, 1.82) is 0 Å². The second kappa shape index (κ2) is 7.08. The third-order valence-corrected chi connectivity index (χ3v) is 3.95. The van der Waals surface area contributed by atoms with E-state index in [0.29, 0.717) is 23.6 Å². The van der Waals surface area contributed by atoms with Crippen molar-refractivity contribution in [1.82, 2.24) is 10.3 Å². The molecule has 1 N–H and O–H groups in total. The monoisotopic (exact) mass is 306 g/mol. The number of carbonyl (C=O) groups is 1. The van der Waals surface area contributed by atoms with Gasteiger partial charge in [-0.25, -0.2) is 4.98 Å². The zero-order chi connectivity index (χ0) is 15.2. The molecule has 0 unspecified atom stereocenters. The van der Waals surface area contributed by atoms with Crippen molar-refractivity contribution >= 4 is 17.2 Å². The van der Waals surface area contributed by atoms with E-state index in [1.807, 2.05) is 13.1 Å². The first-order valence-corrected chi connectivity index (χ1v) is 7.38. The van der Waals surface area contributed by atoms with Crippen LogP contribution in [0.15, 0.2) is 24.4 Å². The first-order valence-electron chi connectivity index (χ1n) is 6.56. The number of ether oxygens (including phenoxy) is 2. The maximum absolute atomic E-state index is 12.3. The Balaban J connectivity index is 2.03. The number of carbonyl (C=O) groups excluding carboxylic acids is 1. The number of hydrogen-bond donors (Lipinski definition) is 1. The van der Waals surface area contributed by atoms with Gasteiger partial charge in [0.1, 0.15) is 17.1 Å². The smallest absolute Gasteiger partial charge is 0.258 e. The second-order valence-corrected chi connectivity index (χ2v) is 5.71. The van der Waals surface area contributed by atoms with Gasteiger partial charge >= 0.3 is 0 Å². The molecule has 0 saturated carbocycles. The number of nitrogens with zero attached hydrogens (tertiary/aromatic N) is 1. The standard InChI is InChI=1S/C15H18N2O3S/c1-10-17-9-11(21-10)7-8-16-15(18)14-12(19-2)5-4-6-13(14)20-3/h4-6,9H,7-8H2,1-3H3,(H,16,18). The molecule has 112 valence electrons. The number of aryl methyl sites for hydroxylation is 1. The van der Waals surface area contributed by atoms with Crippen molar-refractivity contribution in [3.63, 3.8) is 0 Å². The fourth-order valence-corrected chi connectivity index (χ4v) is 2.78. The molecule has 1 heterocycles. The molecule has 0 atom stereocenters. The average molecular weight is 306 g/mol. The molecule has 5 nitrogen and oxygen atoms in total. The van der Waals surface area contributed by atoms with Crippen LogP contribution in [0.2, 0.25) is 0 Å². The quantitative estimate of drug-likeness (QED) is 0.890. The number of benzene rings is 1. The third-order valence-electron chi connectivity index (χ3n) is 2.98. The van der Waals surface area contributed by atoms with E-state index >= 15 is 0 Å². The molecule has 0 aliphatic rings. The van der Waals surface area contributed by atoms with Crippen molar-refractivity contribution in [2.45, 2.75) is 13.3 Å². The predicted octanol–water partition coefficient (Wildman–Crippen LogP) is 2.44. The molecule has 0 aliphatic carbocycles. The van der Waals surface area contributed by atoms with E-state index < -0.39 is 0 Å². The van der Waals surface area contributed by atoms with Gasteiger partial charge in [0, 0.05) is 24.0 Å². The van der Waals surface area contributed by atoms with E-state index in [1.54, 1.807) is 29.5 Å². The summed E-state index contributed by atoms with van der Waals surface area (Å²) < 4.78 is 10.5. The van der Waals surface area contributed by atoms with Gasteiger partial charge in [-0.2, -0.15) is 0 Å². The Morgan fingerprint density at radius 1 is 1.29 bits per heavy atom. The molecule has 2 aromatic rings. The van der Waals surface area contributed by atoms with Gasteiger partial charge in [-0.15, -0.1) is 11.3 Å². The molecule has 0 fully saturated rings. The first kappa shape index (κ1) is 15.3. The maximum Gasteiger partial charge on any atom is 0.258 e. The molecule has 0 aliphatic heterocycles. The highest BCUT2D eigenvalue weighted by atomic mass is 32.1. The van der Waals surface area contributed by atoms with Crippen LogP contribution in [0.1, 0.15) is 20.2 Å². The summed E-state index contributed by atoms with van der Waals surface area (Å²) in [4.78, 5) is 17.7. The number of thiazole rings is 1. The minimum absolute atomic E-state index is 0.203. The summed E-state index contributed by atoms with van der Waals surface area (Å²) in [6.07, 6.45) is 2.60. The zero-order valence-electron chi connectivity index (χ0n) is 12.3. The van der Waals surface area contributed by atoms with Crippen LogP contribution >= 0.6 is 11.3 Å². The molecule has 6 heteroatoms. The summed E-state index contributed by atoms with van der Waals surface area (Å²) in [7, 11) is 3.07. The van der Waals surface area contributed by atoms with Gasteiger partial charge in [0.25, 0.3) is 5.91 Å². The Bertz CT molecular complexity index is 603. The van der Waals surface area contributed by atoms with Gasteiger partial charge in [-0.1, -0.05) is 6.07 Å². The van der Waals surface area contributed by atoms with Crippen LogP contribution in [-0.4, -0.2) is 31.7 Å². The van der Waals surface area contributed by atoms with Crippen LogP contribution in [0.5, 0.6) is 11.5 Å². The Morgan fingerprint density at radius 3 is 2.48 bits per heavy atom. The average Bonchev–Trinajstić information content (AvgIpc) is 2.91. The van der Waals surface area contributed by atoms with Gasteiger partial charge in [-0.05, 0) is 19.1 Å². The number of methoxy groups -OCH3 is 2. The summed E-state index contributed by atoms with van der Waals surface area (Å²) in [5.74, 6) is 0.798. The highest BCUT2D eigenvalue weighted by molar-refractivity contribution is 7.11. The number of amides is 1. The largest absolute Gasteiger partial charge is 0.496 e. The van der Waals surface area contributed by atoms with Crippen molar-refractivity contribution < 1.29 is 14.3 Å². The fraction of sp³-hybridized carbons (Fsp3) is 0.333. The van der Waals surface area contributed by atoms with E-state index in [2.05, 4.69) is 10.3 Å². The van der Waals surface area contributed by atoms with Crippen LogP contribution in [0.3, 0.4) is 0 Å². The Hall–Kier alpha value is -2.08. The maximum atomic E-state index is 12.3. The van der Waals surface area contributed by atoms with Crippen LogP contribution in [0.4, 0.5) is 0 Å². The van der Waals surface area contributed by atoms with Crippen LogP contribution in [0.25, 0.3) is 0 Å². The van der Waals surface area contributed by atoms with E-state index in [9.17, 15) is 4.79 Å². The highest BCUT2D eigenvalue weighted by Gasteiger charge is 2.17.